The number of methoxy groups -OCH3 is 1. The maximum absolute atomic E-state index is 12.2. The fourth-order valence-corrected chi connectivity index (χ4v) is 3.03. The van der Waals surface area contributed by atoms with Crippen LogP contribution in [-0.4, -0.2) is 13.0 Å². The van der Waals surface area contributed by atoms with Gasteiger partial charge in [-0.2, -0.15) is 0 Å². The smallest absolute Gasteiger partial charge is 0.256 e. The van der Waals surface area contributed by atoms with Crippen molar-refractivity contribution in [2.24, 2.45) is 0 Å². The van der Waals surface area contributed by atoms with Gasteiger partial charge in [-0.25, -0.2) is 0 Å². The summed E-state index contributed by atoms with van der Waals surface area (Å²) in [5.74, 6) is 0.501. The lowest BCUT2D eigenvalue weighted by Crippen LogP contribution is -2.12. The van der Waals surface area contributed by atoms with E-state index in [0.717, 1.165) is 8.95 Å². The Hall–Kier alpha value is -0.980. The summed E-state index contributed by atoms with van der Waals surface area (Å²) in [5, 5.41) is 2.82. The molecule has 0 saturated heterocycles. The highest BCUT2D eigenvalue weighted by Gasteiger charge is 2.11. The van der Waals surface area contributed by atoms with Gasteiger partial charge in [0.25, 0.3) is 5.91 Å². The third-order valence-corrected chi connectivity index (χ3v) is 4.10. The number of carbonyl (C=O) groups excluding carboxylic acids is 1. The Bertz CT molecular complexity index is 662. The molecule has 0 saturated carbocycles. The Kier molecular flexibility index (Phi) is 5.12. The number of halogens is 2. The molecule has 6 heteroatoms. The number of hydrogen-bond donors (Lipinski definition) is 2. The molecule has 2 aromatic carbocycles. The Morgan fingerprint density at radius 3 is 2.55 bits per heavy atom. The maximum Gasteiger partial charge on any atom is 0.256 e. The van der Waals surface area contributed by atoms with Crippen molar-refractivity contribution in [3.05, 3.63) is 50.9 Å². The third kappa shape index (κ3) is 3.56. The fraction of sp³-hybridized carbons (Fsp3) is 0.0714. The van der Waals surface area contributed by atoms with E-state index in [1.165, 1.54) is 0 Å². The second-order valence-electron chi connectivity index (χ2n) is 3.96. The molecule has 0 unspecified atom stereocenters. The number of rotatable bonds is 3. The first-order valence-corrected chi connectivity index (χ1v) is 7.68. The van der Waals surface area contributed by atoms with Crippen LogP contribution in [0.3, 0.4) is 0 Å². The van der Waals surface area contributed by atoms with Crippen LogP contribution in [0.15, 0.2) is 50.2 Å². The molecule has 0 aromatic heterocycles. The molecule has 0 aliphatic rings. The van der Waals surface area contributed by atoms with Gasteiger partial charge in [-0.15, -0.1) is 12.6 Å². The van der Waals surface area contributed by atoms with Gasteiger partial charge < -0.3 is 10.1 Å². The van der Waals surface area contributed by atoms with E-state index in [4.69, 9.17) is 4.74 Å². The minimum absolute atomic E-state index is 0.209. The molecule has 0 radical (unpaired) electrons. The van der Waals surface area contributed by atoms with E-state index in [-0.39, 0.29) is 5.91 Å². The molecule has 20 heavy (non-hydrogen) atoms. The number of amides is 1. The molecular weight excluding hydrogens is 406 g/mol. The Morgan fingerprint density at radius 1 is 1.20 bits per heavy atom. The normalized spacial score (nSPS) is 10.2. The van der Waals surface area contributed by atoms with Crippen molar-refractivity contribution in [1.82, 2.24) is 0 Å². The van der Waals surface area contributed by atoms with Crippen molar-refractivity contribution in [3.8, 4) is 5.75 Å². The molecule has 104 valence electrons. The van der Waals surface area contributed by atoms with E-state index < -0.39 is 0 Å². The van der Waals surface area contributed by atoms with Gasteiger partial charge >= 0.3 is 0 Å². The number of ether oxygens (including phenoxy) is 1. The van der Waals surface area contributed by atoms with E-state index >= 15 is 0 Å². The molecular formula is C14H11Br2NO2S. The van der Waals surface area contributed by atoms with Crippen LogP contribution in [0.25, 0.3) is 0 Å². The topological polar surface area (TPSA) is 38.3 Å². The van der Waals surface area contributed by atoms with Gasteiger partial charge in [0.1, 0.15) is 5.75 Å². The second-order valence-corrected chi connectivity index (χ2v) is 6.22. The van der Waals surface area contributed by atoms with Crippen molar-refractivity contribution < 1.29 is 9.53 Å². The highest BCUT2D eigenvalue weighted by Crippen LogP contribution is 2.28. The first-order chi connectivity index (χ1) is 9.51. The SMILES string of the molecule is COc1ccc(NC(=O)c2ccc(Br)cc2S)cc1Br. The number of carbonyl (C=O) groups is 1. The zero-order chi connectivity index (χ0) is 14.7. The van der Waals surface area contributed by atoms with Gasteiger partial charge in [0.15, 0.2) is 0 Å². The van der Waals surface area contributed by atoms with Crippen LogP contribution in [0.5, 0.6) is 5.75 Å². The summed E-state index contributed by atoms with van der Waals surface area (Å²) in [6.45, 7) is 0. The van der Waals surface area contributed by atoms with E-state index in [1.807, 2.05) is 0 Å². The molecule has 0 aliphatic carbocycles. The minimum Gasteiger partial charge on any atom is -0.496 e. The number of benzene rings is 2. The standard InChI is InChI=1S/C14H11Br2NO2S/c1-19-12-5-3-9(7-11(12)16)17-14(18)10-4-2-8(15)6-13(10)20/h2-7,20H,1H3,(H,17,18). The van der Waals surface area contributed by atoms with Crippen LogP contribution in [0, 0.1) is 0 Å². The van der Waals surface area contributed by atoms with Gasteiger partial charge in [-0.3, -0.25) is 4.79 Å². The summed E-state index contributed by atoms with van der Waals surface area (Å²) in [5.41, 5.74) is 1.20. The summed E-state index contributed by atoms with van der Waals surface area (Å²) >= 11 is 11.0. The van der Waals surface area contributed by atoms with Crippen LogP contribution in [0.1, 0.15) is 10.4 Å². The number of thiol groups is 1. The first-order valence-electron chi connectivity index (χ1n) is 5.64. The molecule has 0 atom stereocenters. The van der Waals surface area contributed by atoms with Gasteiger partial charge in [0.2, 0.25) is 0 Å². The first kappa shape index (κ1) is 15.4. The monoisotopic (exact) mass is 415 g/mol. The average Bonchev–Trinajstić information content (AvgIpc) is 2.38. The molecule has 0 spiro atoms. The molecule has 0 aliphatic heterocycles. The van der Waals surface area contributed by atoms with Crippen molar-refractivity contribution in [2.75, 3.05) is 12.4 Å². The van der Waals surface area contributed by atoms with Gasteiger partial charge in [-0.1, -0.05) is 15.9 Å². The molecule has 2 aromatic rings. The molecule has 2 rings (SSSR count). The summed E-state index contributed by atoms with van der Waals surface area (Å²) in [6.07, 6.45) is 0. The predicted molar refractivity (Wildman–Crippen MR) is 90.0 cm³/mol. The van der Waals surface area contributed by atoms with Crippen LogP contribution in [0.4, 0.5) is 5.69 Å². The zero-order valence-electron chi connectivity index (χ0n) is 10.5. The third-order valence-electron chi connectivity index (χ3n) is 2.61. The lowest BCUT2D eigenvalue weighted by atomic mass is 10.2. The zero-order valence-corrected chi connectivity index (χ0v) is 14.6. The van der Waals surface area contributed by atoms with Gasteiger partial charge in [-0.05, 0) is 52.3 Å². The van der Waals surface area contributed by atoms with Crippen LogP contribution in [0.2, 0.25) is 0 Å². The molecule has 1 N–H and O–H groups in total. The number of anilines is 1. The Balaban J connectivity index is 2.21. The van der Waals surface area contributed by atoms with E-state index in [1.54, 1.807) is 43.5 Å². The van der Waals surface area contributed by atoms with Crippen molar-refractivity contribution in [2.45, 2.75) is 4.90 Å². The fourth-order valence-electron chi connectivity index (χ4n) is 1.64. The van der Waals surface area contributed by atoms with Crippen LogP contribution in [-0.2, 0) is 0 Å². The van der Waals surface area contributed by atoms with Crippen LogP contribution < -0.4 is 10.1 Å². The number of nitrogens with one attached hydrogen (secondary N) is 1. The highest BCUT2D eigenvalue weighted by molar-refractivity contribution is 9.10. The minimum atomic E-state index is -0.209. The summed E-state index contributed by atoms with van der Waals surface area (Å²) in [6, 6.07) is 10.6. The lowest BCUT2D eigenvalue weighted by molar-refractivity contribution is 0.102. The van der Waals surface area contributed by atoms with E-state index in [2.05, 4.69) is 49.8 Å². The molecule has 3 nitrogen and oxygen atoms in total. The molecule has 1 amide bonds. The summed E-state index contributed by atoms with van der Waals surface area (Å²) in [7, 11) is 1.59. The summed E-state index contributed by atoms with van der Waals surface area (Å²) in [4.78, 5) is 12.8. The molecule has 0 heterocycles. The Morgan fingerprint density at radius 2 is 1.95 bits per heavy atom. The highest BCUT2D eigenvalue weighted by atomic mass is 79.9. The van der Waals surface area contributed by atoms with Gasteiger partial charge in [0.05, 0.1) is 17.1 Å². The van der Waals surface area contributed by atoms with Crippen molar-refractivity contribution >= 4 is 56.1 Å². The largest absolute Gasteiger partial charge is 0.496 e. The van der Waals surface area contributed by atoms with Crippen molar-refractivity contribution in [1.29, 1.82) is 0 Å². The Labute approximate surface area is 139 Å². The molecule has 0 fully saturated rings. The second kappa shape index (κ2) is 6.65. The van der Waals surface area contributed by atoms with E-state index in [9.17, 15) is 4.79 Å². The quantitative estimate of drug-likeness (QED) is 0.707. The average molecular weight is 417 g/mol. The van der Waals surface area contributed by atoms with Crippen molar-refractivity contribution in [3.63, 3.8) is 0 Å². The lowest BCUT2D eigenvalue weighted by Gasteiger charge is -2.09. The summed E-state index contributed by atoms with van der Waals surface area (Å²) < 4.78 is 6.80. The van der Waals surface area contributed by atoms with E-state index in [0.29, 0.717) is 21.9 Å². The van der Waals surface area contributed by atoms with Gasteiger partial charge in [0, 0.05) is 15.1 Å². The number of hydrogen-bond acceptors (Lipinski definition) is 3. The maximum atomic E-state index is 12.2. The molecule has 0 bridgehead atoms. The predicted octanol–water partition coefficient (Wildman–Crippen LogP) is 4.76. The van der Waals surface area contributed by atoms with Crippen LogP contribution >= 0.6 is 44.5 Å².